The fourth-order valence-corrected chi connectivity index (χ4v) is 3.02. The first-order valence-corrected chi connectivity index (χ1v) is 7.09. The van der Waals surface area contributed by atoms with Crippen molar-refractivity contribution in [2.24, 2.45) is 0 Å². The molecule has 0 aliphatic heterocycles. The molecular formula is C11H15N3S2. The molecule has 2 aromatic rings. The van der Waals surface area contributed by atoms with Crippen LogP contribution in [0.3, 0.4) is 0 Å². The van der Waals surface area contributed by atoms with Crippen LogP contribution in [0.4, 0.5) is 5.13 Å². The number of hydrogen-bond acceptors (Lipinski definition) is 5. The maximum absolute atomic E-state index is 4.11. The van der Waals surface area contributed by atoms with Crippen LogP contribution < -0.4 is 5.32 Å². The third kappa shape index (κ3) is 2.80. The Morgan fingerprint density at radius 2 is 2.31 bits per heavy atom. The molecule has 1 atom stereocenters. The largest absolute Gasteiger partial charge is 0.352 e. The van der Waals surface area contributed by atoms with Gasteiger partial charge in [-0.3, -0.25) is 0 Å². The molecule has 0 bridgehead atoms. The molecule has 0 aliphatic carbocycles. The van der Waals surface area contributed by atoms with E-state index in [0.717, 1.165) is 23.0 Å². The molecule has 0 spiro atoms. The van der Waals surface area contributed by atoms with Crippen LogP contribution in [0, 0.1) is 6.92 Å². The lowest BCUT2D eigenvalue weighted by Gasteiger charge is -2.15. The summed E-state index contributed by atoms with van der Waals surface area (Å²) in [6.45, 7) is 4.18. The Morgan fingerprint density at radius 1 is 1.44 bits per heavy atom. The maximum Gasteiger partial charge on any atom is 0.206 e. The third-order valence-corrected chi connectivity index (χ3v) is 4.04. The average Bonchev–Trinajstić information content (AvgIpc) is 2.88. The highest BCUT2D eigenvalue weighted by atomic mass is 32.1. The van der Waals surface area contributed by atoms with Crippen molar-refractivity contribution in [3.63, 3.8) is 0 Å². The zero-order valence-corrected chi connectivity index (χ0v) is 11.1. The van der Waals surface area contributed by atoms with Crippen LogP contribution in [0.15, 0.2) is 17.5 Å². The van der Waals surface area contributed by atoms with Crippen molar-refractivity contribution in [3.05, 3.63) is 27.4 Å². The highest BCUT2D eigenvalue weighted by molar-refractivity contribution is 7.15. The van der Waals surface area contributed by atoms with Crippen LogP contribution in [-0.2, 0) is 0 Å². The van der Waals surface area contributed by atoms with E-state index in [1.165, 1.54) is 4.88 Å². The van der Waals surface area contributed by atoms with Gasteiger partial charge in [0.2, 0.25) is 5.13 Å². The van der Waals surface area contributed by atoms with Gasteiger partial charge >= 0.3 is 0 Å². The maximum atomic E-state index is 4.11. The zero-order valence-electron chi connectivity index (χ0n) is 9.43. The lowest BCUT2D eigenvalue weighted by molar-refractivity contribution is 0.685. The standard InChI is InChI=1S/C11H15N3S2/c1-3-5-9(10-6-4-7-15-10)12-11-14-13-8(2)16-11/h4,6-7,9H,3,5H2,1-2H3,(H,12,14). The normalized spacial score (nSPS) is 12.6. The Kier molecular flexibility index (Phi) is 3.90. The van der Waals surface area contributed by atoms with E-state index >= 15 is 0 Å². The minimum absolute atomic E-state index is 0.373. The first-order valence-electron chi connectivity index (χ1n) is 5.39. The summed E-state index contributed by atoms with van der Waals surface area (Å²) in [5.74, 6) is 0. The number of aromatic nitrogens is 2. The van der Waals surface area contributed by atoms with Crippen molar-refractivity contribution in [1.29, 1.82) is 0 Å². The van der Waals surface area contributed by atoms with E-state index in [1.54, 1.807) is 22.7 Å². The summed E-state index contributed by atoms with van der Waals surface area (Å²) < 4.78 is 0. The molecule has 0 saturated heterocycles. The van der Waals surface area contributed by atoms with Crippen molar-refractivity contribution >= 4 is 27.8 Å². The van der Waals surface area contributed by atoms with Crippen LogP contribution in [0.25, 0.3) is 0 Å². The molecular weight excluding hydrogens is 238 g/mol. The minimum Gasteiger partial charge on any atom is -0.352 e. The SMILES string of the molecule is CCCC(Nc1nnc(C)s1)c1cccs1. The average molecular weight is 253 g/mol. The molecule has 16 heavy (non-hydrogen) atoms. The van der Waals surface area contributed by atoms with E-state index in [4.69, 9.17) is 0 Å². The molecule has 1 N–H and O–H groups in total. The van der Waals surface area contributed by atoms with Gasteiger partial charge in [0.1, 0.15) is 5.01 Å². The Hall–Kier alpha value is -0.940. The van der Waals surface area contributed by atoms with Gasteiger partial charge in [-0.2, -0.15) is 0 Å². The number of hydrogen-bond donors (Lipinski definition) is 1. The van der Waals surface area contributed by atoms with Gasteiger partial charge in [-0.05, 0) is 24.8 Å². The third-order valence-electron chi connectivity index (χ3n) is 2.29. The summed E-state index contributed by atoms with van der Waals surface area (Å²) in [6, 6.07) is 4.64. The predicted octanol–water partition coefficient (Wildman–Crippen LogP) is 3.86. The second-order valence-electron chi connectivity index (χ2n) is 3.63. The zero-order chi connectivity index (χ0) is 11.4. The molecule has 86 valence electrons. The molecule has 2 heterocycles. The molecule has 2 rings (SSSR count). The number of anilines is 1. The monoisotopic (exact) mass is 253 g/mol. The molecule has 0 fully saturated rings. The van der Waals surface area contributed by atoms with Gasteiger partial charge in [0.25, 0.3) is 0 Å². The second kappa shape index (κ2) is 5.41. The number of rotatable bonds is 5. The first kappa shape index (κ1) is 11.5. The summed E-state index contributed by atoms with van der Waals surface area (Å²) in [6.07, 6.45) is 2.28. The summed E-state index contributed by atoms with van der Waals surface area (Å²) in [7, 11) is 0. The Balaban J connectivity index is 2.09. The number of nitrogens with zero attached hydrogens (tertiary/aromatic N) is 2. The minimum atomic E-state index is 0.373. The fourth-order valence-electron chi connectivity index (χ4n) is 1.57. The Labute approximate surface area is 104 Å². The summed E-state index contributed by atoms with van der Waals surface area (Å²) in [5.41, 5.74) is 0. The van der Waals surface area contributed by atoms with Crippen LogP contribution in [-0.4, -0.2) is 10.2 Å². The smallest absolute Gasteiger partial charge is 0.206 e. The highest BCUT2D eigenvalue weighted by Gasteiger charge is 2.13. The van der Waals surface area contributed by atoms with Crippen molar-refractivity contribution in [1.82, 2.24) is 10.2 Å². The molecule has 3 nitrogen and oxygen atoms in total. The van der Waals surface area contributed by atoms with Crippen LogP contribution in [0.2, 0.25) is 0 Å². The number of aryl methyl sites for hydroxylation is 1. The lowest BCUT2D eigenvalue weighted by atomic mass is 10.1. The number of nitrogens with one attached hydrogen (secondary N) is 1. The Bertz CT molecular complexity index is 422. The van der Waals surface area contributed by atoms with Crippen molar-refractivity contribution < 1.29 is 0 Å². The highest BCUT2D eigenvalue weighted by Crippen LogP contribution is 2.28. The van der Waals surface area contributed by atoms with E-state index in [-0.39, 0.29) is 0 Å². The predicted molar refractivity (Wildman–Crippen MR) is 70.2 cm³/mol. The van der Waals surface area contributed by atoms with Crippen molar-refractivity contribution in [2.75, 3.05) is 5.32 Å². The van der Waals surface area contributed by atoms with Gasteiger partial charge in [-0.15, -0.1) is 21.5 Å². The number of thiophene rings is 1. The molecule has 1 unspecified atom stereocenters. The summed E-state index contributed by atoms with van der Waals surface area (Å²) in [5, 5.41) is 15.6. The fraction of sp³-hybridized carbons (Fsp3) is 0.455. The Morgan fingerprint density at radius 3 is 2.88 bits per heavy atom. The topological polar surface area (TPSA) is 37.8 Å². The van der Waals surface area contributed by atoms with Gasteiger partial charge in [0, 0.05) is 4.88 Å². The van der Waals surface area contributed by atoms with Gasteiger partial charge in [0.05, 0.1) is 6.04 Å². The van der Waals surface area contributed by atoms with Crippen molar-refractivity contribution in [2.45, 2.75) is 32.7 Å². The molecule has 0 saturated carbocycles. The van der Waals surface area contributed by atoms with E-state index in [0.29, 0.717) is 6.04 Å². The van der Waals surface area contributed by atoms with Gasteiger partial charge in [-0.1, -0.05) is 30.7 Å². The second-order valence-corrected chi connectivity index (χ2v) is 5.79. The van der Waals surface area contributed by atoms with E-state index < -0.39 is 0 Å². The lowest BCUT2D eigenvalue weighted by Crippen LogP contribution is -2.08. The van der Waals surface area contributed by atoms with Gasteiger partial charge in [0.15, 0.2) is 0 Å². The van der Waals surface area contributed by atoms with E-state index in [9.17, 15) is 0 Å². The van der Waals surface area contributed by atoms with Crippen LogP contribution in [0.1, 0.15) is 35.7 Å². The van der Waals surface area contributed by atoms with Gasteiger partial charge < -0.3 is 5.32 Å². The molecule has 2 aromatic heterocycles. The molecule has 0 radical (unpaired) electrons. The first-order chi connectivity index (χ1) is 7.79. The summed E-state index contributed by atoms with van der Waals surface area (Å²) >= 11 is 3.40. The molecule has 0 aliphatic rings. The quantitative estimate of drug-likeness (QED) is 0.879. The van der Waals surface area contributed by atoms with Gasteiger partial charge in [-0.25, -0.2) is 0 Å². The summed E-state index contributed by atoms with van der Waals surface area (Å²) in [4.78, 5) is 1.37. The molecule has 5 heteroatoms. The van der Waals surface area contributed by atoms with E-state index in [2.05, 4.69) is 40.0 Å². The molecule has 0 aromatic carbocycles. The van der Waals surface area contributed by atoms with Crippen molar-refractivity contribution in [3.8, 4) is 0 Å². The van der Waals surface area contributed by atoms with E-state index in [1.807, 2.05) is 6.92 Å². The van der Waals surface area contributed by atoms with Crippen LogP contribution in [0.5, 0.6) is 0 Å². The van der Waals surface area contributed by atoms with Crippen LogP contribution >= 0.6 is 22.7 Å². The molecule has 0 amide bonds.